The van der Waals surface area contributed by atoms with E-state index in [4.69, 9.17) is 0 Å². The van der Waals surface area contributed by atoms with E-state index in [2.05, 4.69) is 103 Å². The molecule has 0 heterocycles. The van der Waals surface area contributed by atoms with Crippen molar-refractivity contribution >= 4 is 6.08 Å². The first-order valence-corrected chi connectivity index (χ1v) is 10.5. The van der Waals surface area contributed by atoms with Crippen LogP contribution in [0.2, 0.25) is 0 Å². The molecule has 140 valence electrons. The zero-order valence-corrected chi connectivity index (χ0v) is 16.7. The molecule has 6 rings (SSSR count). The van der Waals surface area contributed by atoms with E-state index >= 15 is 0 Å². The van der Waals surface area contributed by atoms with Gasteiger partial charge in [0.1, 0.15) is 0 Å². The predicted octanol–water partition coefficient (Wildman–Crippen LogP) is 6.89. The minimum atomic E-state index is 1.01. The second-order valence-corrected chi connectivity index (χ2v) is 8.06. The third kappa shape index (κ3) is 2.88. The van der Waals surface area contributed by atoms with Gasteiger partial charge in [-0.1, -0.05) is 84.6 Å². The van der Waals surface area contributed by atoms with Gasteiger partial charge in [-0.2, -0.15) is 0 Å². The van der Waals surface area contributed by atoms with Crippen molar-refractivity contribution in [2.45, 2.75) is 12.8 Å². The summed E-state index contributed by atoms with van der Waals surface area (Å²) in [5.74, 6) is 6.52. The molecular weight excluding hydrogens is 360 g/mol. The lowest BCUT2D eigenvalue weighted by atomic mass is 10.0. The van der Waals surface area contributed by atoms with Crippen LogP contribution >= 0.6 is 0 Å². The fraction of sp³-hybridized carbons (Fsp3) is 0.0667. The summed E-state index contributed by atoms with van der Waals surface area (Å²) in [6.07, 6.45) is 6.11. The third-order valence-electron chi connectivity index (χ3n) is 6.19. The topological polar surface area (TPSA) is 0 Å². The molecule has 30 heavy (non-hydrogen) atoms. The van der Waals surface area contributed by atoms with Gasteiger partial charge in [0.15, 0.2) is 0 Å². The van der Waals surface area contributed by atoms with Gasteiger partial charge in [-0.25, -0.2) is 0 Å². The van der Waals surface area contributed by atoms with Gasteiger partial charge in [0.2, 0.25) is 0 Å². The summed E-state index contributed by atoms with van der Waals surface area (Å²) in [4.78, 5) is 0. The summed E-state index contributed by atoms with van der Waals surface area (Å²) in [5.41, 5.74) is 13.4. The summed E-state index contributed by atoms with van der Waals surface area (Å²) in [6.45, 7) is 0. The van der Waals surface area contributed by atoms with Gasteiger partial charge in [0, 0.05) is 5.56 Å². The maximum atomic E-state index is 3.30. The highest BCUT2D eigenvalue weighted by atomic mass is 14.2. The second-order valence-electron chi connectivity index (χ2n) is 8.06. The molecule has 0 amide bonds. The van der Waals surface area contributed by atoms with E-state index in [1.54, 1.807) is 0 Å². The molecule has 4 aromatic carbocycles. The van der Waals surface area contributed by atoms with Gasteiger partial charge in [-0.3, -0.25) is 0 Å². The molecule has 0 saturated carbocycles. The summed E-state index contributed by atoms with van der Waals surface area (Å²) in [5, 5.41) is 0. The minimum absolute atomic E-state index is 1.01. The summed E-state index contributed by atoms with van der Waals surface area (Å²) in [7, 11) is 0. The van der Waals surface area contributed by atoms with E-state index < -0.39 is 0 Å². The molecule has 0 bridgehead atoms. The van der Waals surface area contributed by atoms with Gasteiger partial charge >= 0.3 is 0 Å². The molecule has 0 nitrogen and oxygen atoms in total. The molecule has 0 fully saturated rings. The Kier molecular flexibility index (Phi) is 3.93. The van der Waals surface area contributed by atoms with Crippen LogP contribution in [-0.2, 0) is 12.8 Å². The number of hydrogen-bond acceptors (Lipinski definition) is 0. The SMILES string of the molecule is C(#Cc1ccc2c(c1)Cc1ccccc1-2)/C=C\c1ccc2c(c1)Cc1ccccc1-2. The summed E-state index contributed by atoms with van der Waals surface area (Å²) < 4.78 is 0. The van der Waals surface area contributed by atoms with Crippen molar-refractivity contribution in [3.05, 3.63) is 124 Å². The van der Waals surface area contributed by atoms with Crippen LogP contribution in [0, 0.1) is 11.8 Å². The maximum Gasteiger partial charge on any atom is 0.0252 e. The Labute approximate surface area is 177 Å². The first-order valence-electron chi connectivity index (χ1n) is 10.5. The molecule has 0 unspecified atom stereocenters. The van der Waals surface area contributed by atoms with Crippen molar-refractivity contribution in [3.63, 3.8) is 0 Å². The normalized spacial score (nSPS) is 12.7. The van der Waals surface area contributed by atoms with Crippen LogP contribution in [-0.4, -0.2) is 0 Å². The van der Waals surface area contributed by atoms with Gasteiger partial charge in [0.25, 0.3) is 0 Å². The van der Waals surface area contributed by atoms with E-state index in [1.807, 2.05) is 6.08 Å². The molecule has 0 spiro atoms. The highest BCUT2D eigenvalue weighted by Gasteiger charge is 2.18. The first-order chi connectivity index (χ1) is 14.8. The number of hydrogen-bond donors (Lipinski definition) is 0. The standard InChI is InChI=1S/C30H20/c1(7-21-13-15-29-25(17-21)19-23-9-3-5-11-27(23)29)2-8-22-14-16-30-26(18-22)20-24-10-4-6-12-28(24)30/h1,3-7,9-18H,19-20H2/b7-1-. The Morgan fingerprint density at radius 2 is 1.17 bits per heavy atom. The maximum absolute atomic E-state index is 3.30. The van der Waals surface area contributed by atoms with Gasteiger partial charge in [-0.15, -0.1) is 0 Å². The molecule has 2 aliphatic rings. The minimum Gasteiger partial charge on any atom is -0.0696 e. The highest BCUT2D eigenvalue weighted by Crippen LogP contribution is 2.37. The molecule has 0 heteroatoms. The monoisotopic (exact) mass is 380 g/mol. The quantitative estimate of drug-likeness (QED) is 0.272. The molecular formula is C30H20. The molecule has 0 N–H and O–H groups in total. The molecule has 0 aromatic heterocycles. The van der Waals surface area contributed by atoms with Crippen LogP contribution in [0.15, 0.2) is 91.0 Å². The van der Waals surface area contributed by atoms with Crippen LogP contribution in [0.25, 0.3) is 28.3 Å². The van der Waals surface area contributed by atoms with E-state index in [0.29, 0.717) is 0 Å². The number of allylic oxidation sites excluding steroid dienone is 1. The van der Waals surface area contributed by atoms with Gasteiger partial charge in [0.05, 0.1) is 0 Å². The van der Waals surface area contributed by atoms with Crippen molar-refractivity contribution in [1.29, 1.82) is 0 Å². The smallest absolute Gasteiger partial charge is 0.0252 e. The van der Waals surface area contributed by atoms with Crippen molar-refractivity contribution < 1.29 is 0 Å². The van der Waals surface area contributed by atoms with E-state index in [0.717, 1.165) is 18.4 Å². The number of fused-ring (bicyclic) bond motifs is 6. The summed E-state index contributed by atoms with van der Waals surface area (Å²) in [6, 6.07) is 30.7. The molecule has 2 aliphatic carbocycles. The van der Waals surface area contributed by atoms with E-state index in [9.17, 15) is 0 Å². The lowest BCUT2D eigenvalue weighted by Crippen LogP contribution is -1.82. The fourth-order valence-electron chi connectivity index (χ4n) is 4.75. The van der Waals surface area contributed by atoms with Crippen LogP contribution in [0.1, 0.15) is 33.4 Å². The number of rotatable bonds is 1. The van der Waals surface area contributed by atoms with Crippen LogP contribution in [0.5, 0.6) is 0 Å². The largest absolute Gasteiger partial charge is 0.0696 e. The molecule has 4 aromatic rings. The highest BCUT2D eigenvalue weighted by molar-refractivity contribution is 5.79. The lowest BCUT2D eigenvalue weighted by molar-refractivity contribution is 1.26. The van der Waals surface area contributed by atoms with Crippen molar-refractivity contribution in [2.24, 2.45) is 0 Å². The lowest BCUT2D eigenvalue weighted by Gasteiger charge is -2.01. The van der Waals surface area contributed by atoms with Crippen LogP contribution < -0.4 is 0 Å². The molecule has 0 saturated heterocycles. The Morgan fingerprint density at radius 1 is 0.567 bits per heavy atom. The van der Waals surface area contributed by atoms with Crippen LogP contribution in [0.4, 0.5) is 0 Å². The Morgan fingerprint density at radius 3 is 1.90 bits per heavy atom. The average molecular weight is 380 g/mol. The molecule has 0 atom stereocenters. The van der Waals surface area contributed by atoms with Gasteiger partial charge < -0.3 is 0 Å². The molecule has 0 radical (unpaired) electrons. The predicted molar refractivity (Wildman–Crippen MR) is 125 cm³/mol. The first kappa shape index (κ1) is 17.1. The zero-order chi connectivity index (χ0) is 19.9. The van der Waals surface area contributed by atoms with Gasteiger partial charge in [-0.05, 0) is 87.2 Å². The summed E-state index contributed by atoms with van der Waals surface area (Å²) >= 11 is 0. The third-order valence-corrected chi connectivity index (χ3v) is 6.19. The molecule has 0 aliphatic heterocycles. The zero-order valence-electron chi connectivity index (χ0n) is 16.7. The van der Waals surface area contributed by atoms with Crippen molar-refractivity contribution in [1.82, 2.24) is 0 Å². The van der Waals surface area contributed by atoms with E-state index in [-0.39, 0.29) is 0 Å². The second kappa shape index (κ2) is 6.90. The van der Waals surface area contributed by atoms with E-state index in [1.165, 1.54) is 50.1 Å². The van der Waals surface area contributed by atoms with Crippen molar-refractivity contribution in [3.8, 4) is 34.1 Å². The Hall–Kier alpha value is -3.82. The van der Waals surface area contributed by atoms with Crippen LogP contribution in [0.3, 0.4) is 0 Å². The average Bonchev–Trinajstić information content (AvgIpc) is 3.34. The van der Waals surface area contributed by atoms with Crippen molar-refractivity contribution in [2.75, 3.05) is 0 Å². The Balaban J connectivity index is 1.21. The fourth-order valence-corrected chi connectivity index (χ4v) is 4.75. The Bertz CT molecular complexity index is 1390. The number of benzene rings is 4.